The Balaban J connectivity index is 2.15. The number of rotatable bonds is 7. The van der Waals surface area contributed by atoms with Crippen molar-refractivity contribution in [3.8, 4) is 0 Å². The van der Waals surface area contributed by atoms with E-state index in [-0.39, 0.29) is 11.9 Å². The molecule has 5 heteroatoms. The third-order valence-corrected chi connectivity index (χ3v) is 4.29. The second-order valence-electron chi connectivity index (χ2n) is 4.37. The fraction of sp³-hybridized carbons (Fsp3) is 0.917. The molecule has 0 aromatic heterocycles. The van der Waals surface area contributed by atoms with Crippen LogP contribution in [-0.4, -0.2) is 54.7 Å². The molecule has 0 aromatic carbocycles. The summed E-state index contributed by atoms with van der Waals surface area (Å²) in [6.45, 7) is 7.21. The topological polar surface area (TPSA) is 55.6 Å². The largest absolute Gasteiger partial charge is 0.381 e. The van der Waals surface area contributed by atoms with E-state index >= 15 is 0 Å². The SMILES string of the molecule is CCN(CC)C(=O)CSCC(N)C1CCOC1. The van der Waals surface area contributed by atoms with E-state index in [9.17, 15) is 4.79 Å². The lowest BCUT2D eigenvalue weighted by Crippen LogP contribution is -2.35. The quantitative estimate of drug-likeness (QED) is 0.740. The van der Waals surface area contributed by atoms with Gasteiger partial charge in [-0.2, -0.15) is 11.8 Å². The molecule has 2 N–H and O–H groups in total. The Kier molecular flexibility index (Phi) is 6.92. The van der Waals surface area contributed by atoms with Gasteiger partial charge in [-0.05, 0) is 20.3 Å². The van der Waals surface area contributed by atoms with Gasteiger partial charge in [0.05, 0.1) is 12.4 Å². The molecule has 1 amide bonds. The van der Waals surface area contributed by atoms with Crippen molar-refractivity contribution < 1.29 is 9.53 Å². The van der Waals surface area contributed by atoms with Gasteiger partial charge in [0, 0.05) is 37.4 Å². The number of nitrogens with zero attached hydrogens (tertiary/aromatic N) is 1. The molecule has 2 atom stereocenters. The number of amides is 1. The van der Waals surface area contributed by atoms with Crippen LogP contribution in [0.3, 0.4) is 0 Å². The van der Waals surface area contributed by atoms with Crippen LogP contribution in [0.15, 0.2) is 0 Å². The Morgan fingerprint density at radius 3 is 2.76 bits per heavy atom. The molecular formula is C12H24N2O2S. The summed E-state index contributed by atoms with van der Waals surface area (Å²) in [5.41, 5.74) is 6.08. The van der Waals surface area contributed by atoms with Crippen molar-refractivity contribution >= 4 is 17.7 Å². The number of carbonyl (C=O) groups is 1. The molecule has 0 saturated carbocycles. The Morgan fingerprint density at radius 2 is 2.24 bits per heavy atom. The third-order valence-electron chi connectivity index (χ3n) is 3.22. The first kappa shape index (κ1) is 14.8. The van der Waals surface area contributed by atoms with Gasteiger partial charge in [-0.25, -0.2) is 0 Å². The minimum absolute atomic E-state index is 0.159. The summed E-state index contributed by atoms with van der Waals surface area (Å²) in [6.07, 6.45) is 1.06. The van der Waals surface area contributed by atoms with Crippen molar-refractivity contribution in [1.29, 1.82) is 0 Å². The first-order valence-electron chi connectivity index (χ1n) is 6.37. The molecule has 4 nitrogen and oxygen atoms in total. The molecular weight excluding hydrogens is 236 g/mol. The second-order valence-corrected chi connectivity index (χ2v) is 5.40. The van der Waals surface area contributed by atoms with Crippen molar-refractivity contribution in [2.75, 3.05) is 37.8 Å². The molecule has 1 aliphatic rings. The van der Waals surface area contributed by atoms with Gasteiger partial charge in [-0.3, -0.25) is 4.79 Å². The molecule has 0 spiro atoms. The Bertz CT molecular complexity index is 229. The first-order valence-corrected chi connectivity index (χ1v) is 7.53. The van der Waals surface area contributed by atoms with Gasteiger partial charge < -0.3 is 15.4 Å². The first-order chi connectivity index (χ1) is 8.19. The van der Waals surface area contributed by atoms with Crippen LogP contribution in [-0.2, 0) is 9.53 Å². The van der Waals surface area contributed by atoms with Crippen LogP contribution in [0.4, 0.5) is 0 Å². The van der Waals surface area contributed by atoms with Crippen LogP contribution < -0.4 is 5.73 Å². The van der Waals surface area contributed by atoms with Crippen molar-refractivity contribution in [2.45, 2.75) is 26.3 Å². The summed E-state index contributed by atoms with van der Waals surface area (Å²) in [6, 6.07) is 0.159. The van der Waals surface area contributed by atoms with Gasteiger partial charge in [0.25, 0.3) is 0 Å². The van der Waals surface area contributed by atoms with E-state index in [1.807, 2.05) is 18.7 Å². The lowest BCUT2D eigenvalue weighted by molar-refractivity contribution is -0.127. The van der Waals surface area contributed by atoms with Gasteiger partial charge in [0.2, 0.25) is 5.91 Å². The highest BCUT2D eigenvalue weighted by atomic mass is 32.2. The number of thioether (sulfide) groups is 1. The molecule has 100 valence electrons. The molecule has 17 heavy (non-hydrogen) atoms. The predicted octanol–water partition coefficient (Wildman–Crippen LogP) is 0.952. The molecule has 1 rings (SSSR count). The van der Waals surface area contributed by atoms with Crippen molar-refractivity contribution in [1.82, 2.24) is 4.90 Å². The Hall–Kier alpha value is -0.260. The third kappa shape index (κ3) is 4.85. The smallest absolute Gasteiger partial charge is 0.232 e. The molecule has 2 unspecified atom stereocenters. The van der Waals surface area contributed by atoms with Gasteiger partial charge in [-0.15, -0.1) is 0 Å². The maximum absolute atomic E-state index is 11.7. The highest BCUT2D eigenvalue weighted by Crippen LogP contribution is 2.18. The molecule has 0 aliphatic carbocycles. The van der Waals surface area contributed by atoms with Crippen LogP contribution in [0.1, 0.15) is 20.3 Å². The van der Waals surface area contributed by atoms with E-state index < -0.39 is 0 Å². The summed E-state index contributed by atoms with van der Waals surface area (Å²) in [4.78, 5) is 13.6. The van der Waals surface area contributed by atoms with Crippen LogP contribution in [0.2, 0.25) is 0 Å². The molecule has 0 aromatic rings. The maximum atomic E-state index is 11.7. The van der Waals surface area contributed by atoms with Crippen LogP contribution >= 0.6 is 11.8 Å². The lowest BCUT2D eigenvalue weighted by atomic mass is 10.0. The van der Waals surface area contributed by atoms with Gasteiger partial charge in [0.1, 0.15) is 0 Å². The monoisotopic (exact) mass is 260 g/mol. The highest BCUT2D eigenvalue weighted by Gasteiger charge is 2.22. The Labute approximate surface area is 108 Å². The molecule has 0 radical (unpaired) electrons. The number of hydrogen-bond acceptors (Lipinski definition) is 4. The fourth-order valence-electron chi connectivity index (χ4n) is 1.98. The number of ether oxygens (including phenoxy) is 1. The predicted molar refractivity (Wildman–Crippen MR) is 72.2 cm³/mol. The molecule has 1 fully saturated rings. The van der Waals surface area contributed by atoms with Gasteiger partial charge in [-0.1, -0.05) is 0 Å². The Morgan fingerprint density at radius 1 is 1.53 bits per heavy atom. The van der Waals surface area contributed by atoms with E-state index in [4.69, 9.17) is 10.5 Å². The van der Waals surface area contributed by atoms with Gasteiger partial charge >= 0.3 is 0 Å². The number of nitrogens with two attached hydrogens (primary N) is 1. The summed E-state index contributed by atoms with van der Waals surface area (Å²) in [5.74, 6) is 2.09. The van der Waals surface area contributed by atoms with E-state index in [0.717, 1.165) is 38.5 Å². The zero-order valence-corrected chi connectivity index (χ0v) is 11.7. The highest BCUT2D eigenvalue weighted by molar-refractivity contribution is 7.99. The maximum Gasteiger partial charge on any atom is 0.232 e. The summed E-state index contributed by atoms with van der Waals surface area (Å²) >= 11 is 1.64. The second kappa shape index (κ2) is 7.95. The normalized spacial score (nSPS) is 21.5. The molecule has 1 heterocycles. The van der Waals surface area contributed by atoms with Crippen LogP contribution in [0, 0.1) is 5.92 Å². The zero-order valence-electron chi connectivity index (χ0n) is 10.9. The van der Waals surface area contributed by atoms with E-state index in [1.165, 1.54) is 0 Å². The summed E-state index contributed by atoms with van der Waals surface area (Å²) in [5, 5.41) is 0. The van der Waals surface area contributed by atoms with Crippen molar-refractivity contribution in [3.05, 3.63) is 0 Å². The van der Waals surface area contributed by atoms with E-state index in [1.54, 1.807) is 11.8 Å². The zero-order chi connectivity index (χ0) is 12.7. The number of carbonyl (C=O) groups excluding carboxylic acids is 1. The fourth-order valence-corrected chi connectivity index (χ4v) is 3.00. The van der Waals surface area contributed by atoms with E-state index in [2.05, 4.69) is 0 Å². The number of hydrogen-bond donors (Lipinski definition) is 1. The molecule has 1 aliphatic heterocycles. The van der Waals surface area contributed by atoms with Gasteiger partial charge in [0.15, 0.2) is 0 Å². The summed E-state index contributed by atoms with van der Waals surface area (Å²) < 4.78 is 5.31. The molecule has 1 saturated heterocycles. The summed E-state index contributed by atoms with van der Waals surface area (Å²) in [7, 11) is 0. The van der Waals surface area contributed by atoms with Crippen LogP contribution in [0.25, 0.3) is 0 Å². The minimum atomic E-state index is 0.159. The average Bonchev–Trinajstić information content (AvgIpc) is 2.84. The minimum Gasteiger partial charge on any atom is -0.381 e. The standard InChI is InChI=1S/C12H24N2O2S/c1-3-14(4-2)12(15)9-17-8-11(13)10-5-6-16-7-10/h10-11H,3-9,13H2,1-2H3. The van der Waals surface area contributed by atoms with Crippen LogP contribution in [0.5, 0.6) is 0 Å². The lowest BCUT2D eigenvalue weighted by Gasteiger charge is -2.20. The average molecular weight is 260 g/mol. The molecule has 0 bridgehead atoms. The van der Waals surface area contributed by atoms with Crippen molar-refractivity contribution in [2.24, 2.45) is 11.7 Å². The van der Waals surface area contributed by atoms with E-state index in [0.29, 0.717) is 11.7 Å². The van der Waals surface area contributed by atoms with Crippen molar-refractivity contribution in [3.63, 3.8) is 0 Å².